The summed E-state index contributed by atoms with van der Waals surface area (Å²) < 4.78 is 0.712. The lowest BCUT2D eigenvalue weighted by molar-refractivity contribution is 0.0697. The first-order chi connectivity index (χ1) is 7.88. The van der Waals surface area contributed by atoms with Crippen LogP contribution in [-0.2, 0) is 0 Å². The molecular formula is C12H16BrNO3. The Morgan fingerprint density at radius 1 is 1.41 bits per heavy atom. The van der Waals surface area contributed by atoms with E-state index in [1.165, 1.54) is 0 Å². The van der Waals surface area contributed by atoms with Crippen LogP contribution >= 0.6 is 15.9 Å². The lowest BCUT2D eigenvalue weighted by Crippen LogP contribution is -2.20. The molecular weight excluding hydrogens is 286 g/mol. The topological polar surface area (TPSA) is 69.6 Å². The van der Waals surface area contributed by atoms with Gasteiger partial charge >= 0.3 is 5.97 Å². The van der Waals surface area contributed by atoms with E-state index in [-0.39, 0.29) is 17.7 Å². The maximum absolute atomic E-state index is 10.9. The van der Waals surface area contributed by atoms with E-state index in [4.69, 9.17) is 5.11 Å². The minimum absolute atomic E-state index is 0.0749. The summed E-state index contributed by atoms with van der Waals surface area (Å²) in [5.74, 6) is -0.961. The first-order valence-electron chi connectivity index (χ1n) is 5.37. The number of aliphatic hydroxyl groups excluding tert-OH is 1. The van der Waals surface area contributed by atoms with Crippen LogP contribution in [0.3, 0.4) is 0 Å². The van der Waals surface area contributed by atoms with Gasteiger partial charge in [0.2, 0.25) is 0 Å². The molecule has 17 heavy (non-hydrogen) atoms. The number of anilines is 1. The third kappa shape index (κ3) is 4.75. The van der Waals surface area contributed by atoms with E-state index < -0.39 is 5.97 Å². The molecule has 2 unspecified atom stereocenters. The maximum Gasteiger partial charge on any atom is 0.335 e. The maximum atomic E-state index is 10.9. The summed E-state index contributed by atoms with van der Waals surface area (Å²) in [7, 11) is 0. The molecule has 2 atom stereocenters. The van der Waals surface area contributed by atoms with Gasteiger partial charge in [-0.2, -0.15) is 0 Å². The van der Waals surface area contributed by atoms with Gasteiger partial charge < -0.3 is 15.5 Å². The van der Waals surface area contributed by atoms with Gasteiger partial charge in [-0.15, -0.1) is 0 Å². The number of aliphatic hydroxyl groups is 1. The highest BCUT2D eigenvalue weighted by molar-refractivity contribution is 9.10. The molecule has 0 fully saturated rings. The zero-order valence-corrected chi connectivity index (χ0v) is 11.4. The van der Waals surface area contributed by atoms with Gasteiger partial charge in [-0.1, -0.05) is 15.9 Å². The monoisotopic (exact) mass is 301 g/mol. The summed E-state index contributed by atoms with van der Waals surface area (Å²) in [5, 5.41) is 21.3. The minimum atomic E-state index is -0.961. The number of carboxylic acids is 1. The predicted octanol–water partition coefficient (Wildman–Crippen LogP) is 2.72. The zero-order valence-electron chi connectivity index (χ0n) is 9.77. The first-order valence-corrected chi connectivity index (χ1v) is 6.16. The highest BCUT2D eigenvalue weighted by Gasteiger charge is 2.09. The van der Waals surface area contributed by atoms with Crippen molar-refractivity contribution in [1.29, 1.82) is 0 Å². The number of hydrogen-bond donors (Lipinski definition) is 3. The highest BCUT2D eigenvalue weighted by atomic mass is 79.9. The van der Waals surface area contributed by atoms with E-state index >= 15 is 0 Å². The molecule has 4 nitrogen and oxygen atoms in total. The van der Waals surface area contributed by atoms with Gasteiger partial charge in [0.25, 0.3) is 0 Å². The standard InChI is InChI=1S/C12H16BrNO3/c1-7(3-8(2)15)14-11-5-9(12(16)17)4-10(13)6-11/h4-8,14-15H,3H2,1-2H3,(H,16,17). The Balaban J connectivity index is 2.80. The van der Waals surface area contributed by atoms with Crippen molar-refractivity contribution in [3.8, 4) is 0 Å². The van der Waals surface area contributed by atoms with Crippen LogP contribution in [0.15, 0.2) is 22.7 Å². The minimum Gasteiger partial charge on any atom is -0.478 e. The second-order valence-electron chi connectivity index (χ2n) is 4.16. The molecule has 0 heterocycles. The molecule has 1 aromatic carbocycles. The molecule has 0 amide bonds. The molecule has 0 spiro atoms. The SMILES string of the molecule is CC(O)CC(C)Nc1cc(Br)cc(C(=O)O)c1. The Morgan fingerprint density at radius 2 is 2.06 bits per heavy atom. The van der Waals surface area contributed by atoms with E-state index in [0.717, 1.165) is 5.69 Å². The van der Waals surface area contributed by atoms with Crippen molar-refractivity contribution in [3.05, 3.63) is 28.2 Å². The fourth-order valence-corrected chi connectivity index (χ4v) is 2.14. The molecule has 5 heteroatoms. The lowest BCUT2D eigenvalue weighted by Gasteiger charge is -2.17. The summed E-state index contributed by atoms with van der Waals surface area (Å²) >= 11 is 3.27. The average Bonchev–Trinajstić information content (AvgIpc) is 2.14. The summed E-state index contributed by atoms with van der Waals surface area (Å²) in [4.78, 5) is 10.9. The fraction of sp³-hybridized carbons (Fsp3) is 0.417. The molecule has 94 valence electrons. The van der Waals surface area contributed by atoms with E-state index in [9.17, 15) is 9.90 Å². The number of carboxylic acid groups (broad SMARTS) is 1. The van der Waals surface area contributed by atoms with Crippen LogP contribution < -0.4 is 5.32 Å². The van der Waals surface area contributed by atoms with Crippen molar-refractivity contribution in [3.63, 3.8) is 0 Å². The third-order valence-corrected chi connectivity index (χ3v) is 2.71. The van der Waals surface area contributed by atoms with Gasteiger partial charge in [0.1, 0.15) is 0 Å². The molecule has 0 saturated heterocycles. The van der Waals surface area contributed by atoms with E-state index in [1.54, 1.807) is 19.1 Å². The molecule has 0 aromatic heterocycles. The number of aromatic carboxylic acids is 1. The Labute approximate surface area is 109 Å². The summed E-state index contributed by atoms with van der Waals surface area (Å²) in [6.07, 6.45) is 0.221. The quantitative estimate of drug-likeness (QED) is 0.782. The van der Waals surface area contributed by atoms with Crippen molar-refractivity contribution in [2.24, 2.45) is 0 Å². The summed E-state index contributed by atoms with van der Waals surface area (Å²) in [5.41, 5.74) is 0.955. The van der Waals surface area contributed by atoms with E-state index in [1.807, 2.05) is 13.0 Å². The first kappa shape index (κ1) is 14.0. The van der Waals surface area contributed by atoms with Crippen LogP contribution in [0.1, 0.15) is 30.6 Å². The molecule has 1 aromatic rings. The largest absolute Gasteiger partial charge is 0.478 e. The van der Waals surface area contributed by atoms with Crippen LogP contribution in [0.2, 0.25) is 0 Å². The molecule has 0 radical (unpaired) electrons. The molecule has 0 aliphatic heterocycles. The average molecular weight is 302 g/mol. The van der Waals surface area contributed by atoms with Gasteiger partial charge in [0.05, 0.1) is 11.7 Å². The van der Waals surface area contributed by atoms with Crippen LogP contribution in [0.4, 0.5) is 5.69 Å². The smallest absolute Gasteiger partial charge is 0.335 e. The highest BCUT2D eigenvalue weighted by Crippen LogP contribution is 2.21. The normalized spacial score (nSPS) is 14.1. The third-order valence-electron chi connectivity index (χ3n) is 2.25. The lowest BCUT2D eigenvalue weighted by atomic mass is 10.1. The Kier molecular flexibility index (Phi) is 4.96. The molecule has 0 saturated carbocycles. The van der Waals surface area contributed by atoms with Crippen LogP contribution in [0, 0.1) is 0 Å². The number of halogens is 1. The zero-order chi connectivity index (χ0) is 13.0. The van der Waals surface area contributed by atoms with Crippen LogP contribution in [0.5, 0.6) is 0 Å². The molecule has 3 N–H and O–H groups in total. The van der Waals surface area contributed by atoms with Crippen LogP contribution in [0.25, 0.3) is 0 Å². The summed E-state index contributed by atoms with van der Waals surface area (Å²) in [6, 6.07) is 5.01. The molecule has 0 bridgehead atoms. The van der Waals surface area contributed by atoms with E-state index in [0.29, 0.717) is 10.9 Å². The van der Waals surface area contributed by atoms with Gasteiger partial charge in [-0.3, -0.25) is 0 Å². The molecule has 0 aliphatic carbocycles. The molecule has 0 aliphatic rings. The number of carbonyl (C=O) groups is 1. The fourth-order valence-electron chi connectivity index (χ4n) is 1.65. The number of nitrogens with one attached hydrogen (secondary N) is 1. The van der Waals surface area contributed by atoms with Crippen molar-refractivity contribution in [2.45, 2.75) is 32.4 Å². The van der Waals surface area contributed by atoms with Crippen molar-refractivity contribution in [2.75, 3.05) is 5.32 Å². The Morgan fingerprint density at radius 3 is 2.59 bits per heavy atom. The van der Waals surface area contributed by atoms with Gasteiger partial charge in [0, 0.05) is 16.2 Å². The number of benzene rings is 1. The summed E-state index contributed by atoms with van der Waals surface area (Å²) in [6.45, 7) is 3.66. The predicted molar refractivity (Wildman–Crippen MR) is 70.5 cm³/mol. The second kappa shape index (κ2) is 6.02. The van der Waals surface area contributed by atoms with Gasteiger partial charge in [0.15, 0.2) is 0 Å². The van der Waals surface area contributed by atoms with Gasteiger partial charge in [-0.05, 0) is 38.5 Å². The van der Waals surface area contributed by atoms with Crippen LogP contribution in [-0.4, -0.2) is 28.3 Å². The van der Waals surface area contributed by atoms with E-state index in [2.05, 4.69) is 21.2 Å². The second-order valence-corrected chi connectivity index (χ2v) is 5.08. The molecule has 1 rings (SSSR count). The van der Waals surface area contributed by atoms with Gasteiger partial charge in [-0.25, -0.2) is 4.79 Å². The number of rotatable bonds is 5. The Hall–Kier alpha value is -1.07. The Bertz CT molecular complexity index is 407. The van der Waals surface area contributed by atoms with Crippen molar-refractivity contribution < 1.29 is 15.0 Å². The van der Waals surface area contributed by atoms with Crippen molar-refractivity contribution >= 4 is 27.6 Å². The van der Waals surface area contributed by atoms with Crippen molar-refractivity contribution in [1.82, 2.24) is 0 Å². The number of hydrogen-bond acceptors (Lipinski definition) is 3.